The molecule has 1 aromatic heterocycles. The number of hydrogen-bond acceptors (Lipinski definition) is 3. The van der Waals surface area contributed by atoms with Gasteiger partial charge in [-0.05, 0) is 13.3 Å². The smallest absolute Gasteiger partial charge is 0.356 e. The Labute approximate surface area is 81.1 Å². The molecule has 0 aliphatic carbocycles. The number of aromatic carboxylic acids is 1. The lowest BCUT2D eigenvalue weighted by molar-refractivity contribution is 0.0690. The van der Waals surface area contributed by atoms with Crippen LogP contribution in [0.25, 0.3) is 0 Å². The quantitative estimate of drug-likeness (QED) is 0.737. The number of nitrogens with one attached hydrogen (secondary N) is 1. The molecule has 2 heterocycles. The van der Waals surface area contributed by atoms with Gasteiger partial charge in [-0.25, -0.2) is 9.78 Å². The molecule has 76 valence electrons. The van der Waals surface area contributed by atoms with Crippen LogP contribution in [0.4, 0.5) is 0 Å². The van der Waals surface area contributed by atoms with Crippen LogP contribution in [0.1, 0.15) is 34.3 Å². The van der Waals surface area contributed by atoms with Gasteiger partial charge in [-0.15, -0.1) is 0 Å². The van der Waals surface area contributed by atoms with Gasteiger partial charge >= 0.3 is 5.97 Å². The van der Waals surface area contributed by atoms with E-state index in [9.17, 15) is 4.79 Å². The summed E-state index contributed by atoms with van der Waals surface area (Å²) in [4.78, 5) is 17.8. The first-order valence-corrected chi connectivity index (χ1v) is 4.56. The van der Waals surface area contributed by atoms with E-state index >= 15 is 0 Å². The van der Waals surface area contributed by atoms with Crippen molar-refractivity contribution in [3.63, 3.8) is 0 Å². The van der Waals surface area contributed by atoms with Crippen molar-refractivity contribution in [2.24, 2.45) is 0 Å². The van der Waals surface area contributed by atoms with Crippen molar-refractivity contribution in [1.82, 2.24) is 9.97 Å². The van der Waals surface area contributed by atoms with Crippen molar-refractivity contribution in [3.8, 4) is 0 Å². The number of H-pyrrole nitrogens is 1. The highest BCUT2D eigenvalue weighted by Gasteiger charge is 2.23. The molecular weight excluding hydrogens is 184 g/mol. The third kappa shape index (κ3) is 1.50. The van der Waals surface area contributed by atoms with E-state index in [1.165, 1.54) is 0 Å². The standard InChI is InChI=1S/C9H12N2O3/c1-5-7(9(12)13)11-8(10-5)6-2-3-14-4-6/h6H,2-4H2,1H3,(H,10,11)(H,12,13). The van der Waals surface area contributed by atoms with Gasteiger partial charge in [0.05, 0.1) is 6.61 Å². The second-order valence-corrected chi connectivity index (χ2v) is 3.46. The number of aromatic nitrogens is 2. The molecule has 14 heavy (non-hydrogen) atoms. The van der Waals surface area contributed by atoms with Gasteiger partial charge in [-0.1, -0.05) is 0 Å². The minimum absolute atomic E-state index is 0.118. The minimum atomic E-state index is -0.982. The van der Waals surface area contributed by atoms with Crippen molar-refractivity contribution < 1.29 is 14.6 Å². The summed E-state index contributed by atoms with van der Waals surface area (Å²) < 4.78 is 5.21. The number of hydrogen-bond donors (Lipinski definition) is 2. The van der Waals surface area contributed by atoms with Gasteiger partial charge in [0.2, 0.25) is 0 Å². The monoisotopic (exact) mass is 196 g/mol. The molecule has 1 aliphatic rings. The van der Waals surface area contributed by atoms with Crippen LogP contribution in [0, 0.1) is 6.92 Å². The van der Waals surface area contributed by atoms with Gasteiger partial charge in [0, 0.05) is 18.2 Å². The number of carboxylic acids is 1. The molecule has 0 aromatic carbocycles. The van der Waals surface area contributed by atoms with Gasteiger partial charge in [0.1, 0.15) is 5.82 Å². The maximum absolute atomic E-state index is 10.7. The lowest BCUT2D eigenvalue weighted by atomic mass is 10.1. The van der Waals surface area contributed by atoms with E-state index < -0.39 is 5.97 Å². The molecule has 0 radical (unpaired) electrons. The SMILES string of the molecule is Cc1[nH]c(C2CCOC2)nc1C(=O)O. The van der Waals surface area contributed by atoms with Crippen LogP contribution in [0.3, 0.4) is 0 Å². The maximum atomic E-state index is 10.7. The molecule has 2 N–H and O–H groups in total. The summed E-state index contributed by atoms with van der Waals surface area (Å²) in [6.45, 7) is 3.08. The normalized spacial score (nSPS) is 21.4. The Hall–Kier alpha value is -1.36. The van der Waals surface area contributed by atoms with E-state index in [1.54, 1.807) is 6.92 Å². The van der Waals surface area contributed by atoms with Gasteiger partial charge < -0.3 is 14.8 Å². The second kappa shape index (κ2) is 3.42. The zero-order valence-corrected chi connectivity index (χ0v) is 7.91. The fourth-order valence-corrected chi connectivity index (χ4v) is 1.64. The van der Waals surface area contributed by atoms with Crippen LogP contribution < -0.4 is 0 Å². The summed E-state index contributed by atoms with van der Waals surface area (Å²) in [5, 5.41) is 8.81. The highest BCUT2D eigenvalue weighted by molar-refractivity contribution is 5.86. The Balaban J connectivity index is 2.27. The van der Waals surface area contributed by atoms with E-state index in [0.717, 1.165) is 18.9 Å². The number of imidazole rings is 1. The van der Waals surface area contributed by atoms with Crippen molar-refractivity contribution in [2.75, 3.05) is 13.2 Å². The van der Waals surface area contributed by atoms with Gasteiger partial charge in [0.15, 0.2) is 5.69 Å². The van der Waals surface area contributed by atoms with E-state index in [0.29, 0.717) is 12.3 Å². The Morgan fingerprint density at radius 1 is 1.71 bits per heavy atom. The number of aromatic amines is 1. The number of carbonyl (C=O) groups is 1. The third-order valence-electron chi connectivity index (χ3n) is 2.42. The molecular formula is C9H12N2O3. The molecule has 1 aromatic rings. The molecule has 5 nitrogen and oxygen atoms in total. The predicted octanol–water partition coefficient (Wildman–Crippen LogP) is 0.920. The first-order valence-electron chi connectivity index (χ1n) is 4.56. The van der Waals surface area contributed by atoms with E-state index in [1.807, 2.05) is 0 Å². The highest BCUT2D eigenvalue weighted by Crippen LogP contribution is 2.23. The summed E-state index contributed by atoms with van der Waals surface area (Å²) in [6, 6.07) is 0. The third-order valence-corrected chi connectivity index (χ3v) is 2.42. The number of rotatable bonds is 2. The predicted molar refractivity (Wildman–Crippen MR) is 48.5 cm³/mol. The molecule has 0 saturated carbocycles. The first kappa shape index (κ1) is 9.21. The van der Waals surface area contributed by atoms with Crippen LogP contribution >= 0.6 is 0 Å². The van der Waals surface area contributed by atoms with E-state index in [4.69, 9.17) is 9.84 Å². The number of aryl methyl sites for hydroxylation is 1. The Morgan fingerprint density at radius 2 is 2.50 bits per heavy atom. The van der Waals surface area contributed by atoms with Gasteiger partial charge in [-0.3, -0.25) is 0 Å². The number of nitrogens with zero attached hydrogens (tertiary/aromatic N) is 1. The van der Waals surface area contributed by atoms with Gasteiger partial charge in [0.25, 0.3) is 0 Å². The number of carboxylic acid groups (broad SMARTS) is 1. The van der Waals surface area contributed by atoms with Crippen molar-refractivity contribution >= 4 is 5.97 Å². The lowest BCUT2D eigenvalue weighted by Gasteiger charge is -2.00. The van der Waals surface area contributed by atoms with Crippen LogP contribution in [0.5, 0.6) is 0 Å². The van der Waals surface area contributed by atoms with Crippen LogP contribution in [0.2, 0.25) is 0 Å². The van der Waals surface area contributed by atoms with Gasteiger partial charge in [-0.2, -0.15) is 0 Å². The molecule has 1 atom stereocenters. The van der Waals surface area contributed by atoms with Crippen molar-refractivity contribution in [3.05, 3.63) is 17.2 Å². The summed E-state index contributed by atoms with van der Waals surface area (Å²) in [5.41, 5.74) is 0.728. The summed E-state index contributed by atoms with van der Waals surface area (Å²) in [7, 11) is 0. The Kier molecular flexibility index (Phi) is 2.25. The first-order chi connectivity index (χ1) is 6.68. The number of ether oxygens (including phenoxy) is 1. The van der Waals surface area contributed by atoms with E-state index in [-0.39, 0.29) is 11.6 Å². The Morgan fingerprint density at radius 3 is 3.00 bits per heavy atom. The average molecular weight is 196 g/mol. The molecule has 1 unspecified atom stereocenters. The maximum Gasteiger partial charge on any atom is 0.356 e. The summed E-state index contributed by atoms with van der Waals surface area (Å²) in [5.74, 6) is -0.0249. The van der Waals surface area contributed by atoms with Crippen LogP contribution in [-0.4, -0.2) is 34.3 Å². The van der Waals surface area contributed by atoms with E-state index in [2.05, 4.69) is 9.97 Å². The molecule has 0 bridgehead atoms. The van der Waals surface area contributed by atoms with Crippen LogP contribution in [-0.2, 0) is 4.74 Å². The van der Waals surface area contributed by atoms with Crippen LogP contribution in [0.15, 0.2) is 0 Å². The van der Waals surface area contributed by atoms with Crippen molar-refractivity contribution in [1.29, 1.82) is 0 Å². The molecule has 0 amide bonds. The summed E-state index contributed by atoms with van der Waals surface area (Å²) in [6.07, 6.45) is 0.909. The zero-order valence-electron chi connectivity index (χ0n) is 7.91. The molecule has 1 fully saturated rings. The lowest BCUT2D eigenvalue weighted by Crippen LogP contribution is -2.02. The molecule has 2 rings (SSSR count). The second-order valence-electron chi connectivity index (χ2n) is 3.46. The highest BCUT2D eigenvalue weighted by atomic mass is 16.5. The molecule has 5 heteroatoms. The average Bonchev–Trinajstić information content (AvgIpc) is 2.70. The molecule has 1 aliphatic heterocycles. The molecule has 0 spiro atoms. The largest absolute Gasteiger partial charge is 0.476 e. The fraction of sp³-hybridized carbons (Fsp3) is 0.556. The van der Waals surface area contributed by atoms with Crippen molar-refractivity contribution in [2.45, 2.75) is 19.3 Å². The zero-order chi connectivity index (χ0) is 10.1. The minimum Gasteiger partial charge on any atom is -0.476 e. The Bertz CT molecular complexity index is 353. The molecule has 1 saturated heterocycles. The fourth-order valence-electron chi connectivity index (χ4n) is 1.64. The summed E-state index contributed by atoms with van der Waals surface area (Å²) >= 11 is 0. The topological polar surface area (TPSA) is 75.2 Å².